The molecule has 0 saturated carbocycles. The van der Waals surface area contributed by atoms with Gasteiger partial charge in [0.2, 0.25) is 5.91 Å². The summed E-state index contributed by atoms with van der Waals surface area (Å²) in [5, 5.41) is 8.01. The summed E-state index contributed by atoms with van der Waals surface area (Å²) in [7, 11) is 0. The van der Waals surface area contributed by atoms with Gasteiger partial charge in [-0.05, 0) is 44.0 Å². The molecule has 0 unspecified atom stereocenters. The van der Waals surface area contributed by atoms with Gasteiger partial charge < -0.3 is 5.32 Å². The molecule has 0 aliphatic rings. The Hall–Kier alpha value is -1.81. The molecule has 1 N–H and O–H groups in total. The molecule has 0 aliphatic carbocycles. The molecule has 21 heavy (non-hydrogen) atoms. The highest BCUT2D eigenvalue weighted by atomic mass is 35.5. The smallest absolute Gasteiger partial charge is 0.224 e. The predicted octanol–water partition coefficient (Wildman–Crippen LogP) is 2.90. The zero-order valence-electron chi connectivity index (χ0n) is 12.4. The van der Waals surface area contributed by atoms with Crippen LogP contribution >= 0.6 is 11.6 Å². The quantitative estimate of drug-likeness (QED) is 0.834. The van der Waals surface area contributed by atoms with Crippen molar-refractivity contribution in [2.24, 2.45) is 0 Å². The summed E-state index contributed by atoms with van der Waals surface area (Å²) >= 11 is 5.81. The number of aromatic nitrogens is 2. The Labute approximate surface area is 130 Å². The van der Waals surface area contributed by atoms with Gasteiger partial charge in [-0.25, -0.2) is 0 Å². The Kier molecular flexibility index (Phi) is 5.39. The number of aryl methyl sites for hydroxylation is 3. The lowest BCUT2D eigenvalue weighted by atomic mass is 10.1. The van der Waals surface area contributed by atoms with Crippen molar-refractivity contribution < 1.29 is 4.79 Å². The second kappa shape index (κ2) is 7.27. The molecule has 4 nitrogen and oxygen atoms in total. The minimum atomic E-state index is 0.0330. The van der Waals surface area contributed by atoms with Crippen LogP contribution in [-0.4, -0.2) is 22.2 Å². The second-order valence-corrected chi connectivity index (χ2v) is 5.59. The van der Waals surface area contributed by atoms with E-state index in [4.69, 9.17) is 11.6 Å². The highest BCUT2D eigenvalue weighted by Crippen LogP contribution is 2.09. The molecular formula is C16H20ClN3O. The normalized spacial score (nSPS) is 10.6. The Morgan fingerprint density at radius 2 is 2.00 bits per heavy atom. The van der Waals surface area contributed by atoms with Crippen molar-refractivity contribution in [3.63, 3.8) is 0 Å². The molecule has 0 fully saturated rings. The maximum absolute atomic E-state index is 11.8. The van der Waals surface area contributed by atoms with Crippen molar-refractivity contribution in [1.82, 2.24) is 15.1 Å². The number of amides is 1. The molecule has 1 aromatic heterocycles. The fourth-order valence-electron chi connectivity index (χ4n) is 2.21. The van der Waals surface area contributed by atoms with E-state index < -0.39 is 0 Å². The van der Waals surface area contributed by atoms with Crippen molar-refractivity contribution in [3.8, 4) is 0 Å². The summed E-state index contributed by atoms with van der Waals surface area (Å²) in [6.45, 7) is 5.50. The van der Waals surface area contributed by atoms with Crippen LogP contribution in [0.1, 0.15) is 23.4 Å². The third-order valence-electron chi connectivity index (χ3n) is 3.25. The van der Waals surface area contributed by atoms with Crippen LogP contribution < -0.4 is 5.32 Å². The molecule has 0 atom stereocenters. The molecule has 0 aliphatic heterocycles. The molecule has 0 saturated heterocycles. The first kappa shape index (κ1) is 15.6. The number of hydrogen-bond acceptors (Lipinski definition) is 2. The van der Waals surface area contributed by atoms with Gasteiger partial charge in [0.25, 0.3) is 0 Å². The molecule has 1 heterocycles. The van der Waals surface area contributed by atoms with E-state index in [-0.39, 0.29) is 5.91 Å². The molecule has 1 aromatic carbocycles. The van der Waals surface area contributed by atoms with Crippen LogP contribution in [0.2, 0.25) is 5.02 Å². The predicted molar refractivity (Wildman–Crippen MR) is 84.5 cm³/mol. The van der Waals surface area contributed by atoms with Gasteiger partial charge in [-0.3, -0.25) is 9.48 Å². The van der Waals surface area contributed by atoms with Gasteiger partial charge in [-0.1, -0.05) is 23.7 Å². The minimum Gasteiger partial charge on any atom is -0.356 e. The first-order chi connectivity index (χ1) is 10.0. The van der Waals surface area contributed by atoms with Gasteiger partial charge in [0.15, 0.2) is 0 Å². The average Bonchev–Trinajstić information content (AvgIpc) is 2.76. The maximum atomic E-state index is 11.8. The van der Waals surface area contributed by atoms with Gasteiger partial charge in [0, 0.05) is 23.8 Å². The van der Waals surface area contributed by atoms with Crippen molar-refractivity contribution in [2.45, 2.75) is 33.2 Å². The SMILES string of the molecule is Cc1cc(C)n(CCCNC(=O)Cc2ccc(Cl)cc2)n1. The van der Waals surface area contributed by atoms with Crippen LogP contribution in [-0.2, 0) is 17.8 Å². The largest absolute Gasteiger partial charge is 0.356 e. The summed E-state index contributed by atoms with van der Waals surface area (Å²) in [6, 6.07) is 9.40. The summed E-state index contributed by atoms with van der Waals surface area (Å²) in [4.78, 5) is 11.8. The maximum Gasteiger partial charge on any atom is 0.224 e. The summed E-state index contributed by atoms with van der Waals surface area (Å²) in [5.74, 6) is 0.0330. The van der Waals surface area contributed by atoms with Gasteiger partial charge in [0.1, 0.15) is 0 Å². The number of rotatable bonds is 6. The Balaban J connectivity index is 1.70. The fourth-order valence-corrected chi connectivity index (χ4v) is 2.33. The van der Waals surface area contributed by atoms with Gasteiger partial charge in [-0.15, -0.1) is 0 Å². The first-order valence-electron chi connectivity index (χ1n) is 7.07. The van der Waals surface area contributed by atoms with E-state index in [0.717, 1.165) is 29.9 Å². The van der Waals surface area contributed by atoms with Crippen molar-refractivity contribution in [1.29, 1.82) is 0 Å². The molecule has 0 bridgehead atoms. The van der Waals surface area contributed by atoms with Gasteiger partial charge in [-0.2, -0.15) is 5.10 Å². The molecule has 2 rings (SSSR count). The molecule has 112 valence electrons. The van der Waals surface area contributed by atoms with Crippen molar-refractivity contribution in [3.05, 3.63) is 52.3 Å². The van der Waals surface area contributed by atoms with Crippen LogP contribution in [0.4, 0.5) is 0 Å². The van der Waals surface area contributed by atoms with E-state index in [0.29, 0.717) is 18.0 Å². The van der Waals surface area contributed by atoms with E-state index in [1.54, 1.807) is 12.1 Å². The standard InChI is InChI=1S/C16H20ClN3O/c1-12-10-13(2)20(19-12)9-3-8-18-16(21)11-14-4-6-15(17)7-5-14/h4-7,10H,3,8-9,11H2,1-2H3,(H,18,21). The van der Waals surface area contributed by atoms with Crippen LogP contribution in [0.25, 0.3) is 0 Å². The van der Waals surface area contributed by atoms with Gasteiger partial charge in [0.05, 0.1) is 12.1 Å². The number of benzene rings is 1. The lowest BCUT2D eigenvalue weighted by molar-refractivity contribution is -0.120. The Morgan fingerprint density at radius 3 is 2.62 bits per heavy atom. The fraction of sp³-hybridized carbons (Fsp3) is 0.375. The highest BCUT2D eigenvalue weighted by molar-refractivity contribution is 6.30. The zero-order chi connectivity index (χ0) is 15.2. The lowest BCUT2D eigenvalue weighted by Crippen LogP contribution is -2.27. The van der Waals surface area contributed by atoms with Crippen LogP contribution in [0, 0.1) is 13.8 Å². The van der Waals surface area contributed by atoms with Crippen molar-refractivity contribution >= 4 is 17.5 Å². The monoisotopic (exact) mass is 305 g/mol. The number of nitrogens with one attached hydrogen (secondary N) is 1. The lowest BCUT2D eigenvalue weighted by Gasteiger charge is -2.07. The Bertz CT molecular complexity index is 604. The van der Waals surface area contributed by atoms with E-state index in [1.807, 2.05) is 30.7 Å². The third kappa shape index (κ3) is 4.90. The first-order valence-corrected chi connectivity index (χ1v) is 7.44. The van der Waals surface area contributed by atoms with E-state index in [1.165, 1.54) is 0 Å². The molecular weight excluding hydrogens is 286 g/mol. The summed E-state index contributed by atoms with van der Waals surface area (Å²) < 4.78 is 1.97. The molecule has 2 aromatic rings. The average molecular weight is 306 g/mol. The minimum absolute atomic E-state index is 0.0330. The topological polar surface area (TPSA) is 46.9 Å². The van der Waals surface area contributed by atoms with E-state index in [2.05, 4.69) is 16.5 Å². The van der Waals surface area contributed by atoms with E-state index in [9.17, 15) is 4.79 Å². The van der Waals surface area contributed by atoms with Crippen LogP contribution in [0.15, 0.2) is 30.3 Å². The Morgan fingerprint density at radius 1 is 1.29 bits per heavy atom. The number of nitrogens with zero attached hydrogens (tertiary/aromatic N) is 2. The molecule has 1 amide bonds. The molecule has 0 radical (unpaired) electrons. The van der Waals surface area contributed by atoms with Crippen LogP contribution in [0.3, 0.4) is 0 Å². The number of halogens is 1. The number of carbonyl (C=O) groups is 1. The third-order valence-corrected chi connectivity index (χ3v) is 3.50. The molecule has 5 heteroatoms. The van der Waals surface area contributed by atoms with E-state index >= 15 is 0 Å². The van der Waals surface area contributed by atoms with Crippen LogP contribution in [0.5, 0.6) is 0 Å². The second-order valence-electron chi connectivity index (χ2n) is 5.16. The van der Waals surface area contributed by atoms with Gasteiger partial charge >= 0.3 is 0 Å². The number of carbonyl (C=O) groups excluding carboxylic acids is 1. The highest BCUT2D eigenvalue weighted by Gasteiger charge is 2.04. The molecule has 0 spiro atoms. The number of hydrogen-bond donors (Lipinski definition) is 1. The van der Waals surface area contributed by atoms with Crippen molar-refractivity contribution in [2.75, 3.05) is 6.54 Å². The summed E-state index contributed by atoms with van der Waals surface area (Å²) in [6.07, 6.45) is 1.26. The summed E-state index contributed by atoms with van der Waals surface area (Å²) in [5.41, 5.74) is 3.15. The zero-order valence-corrected chi connectivity index (χ0v) is 13.2.